The zero-order valence-corrected chi connectivity index (χ0v) is 20.1. The lowest BCUT2D eigenvalue weighted by Gasteiger charge is -2.23. The van der Waals surface area contributed by atoms with E-state index in [1.165, 1.54) is 10.4 Å². The van der Waals surface area contributed by atoms with Crippen LogP contribution in [0.15, 0.2) is 41.8 Å². The number of aliphatic hydroxyl groups is 1. The van der Waals surface area contributed by atoms with Gasteiger partial charge in [0.05, 0.1) is 12.8 Å². The van der Waals surface area contributed by atoms with Crippen LogP contribution in [0.4, 0.5) is 0 Å². The molecule has 1 heterocycles. The topological polar surface area (TPSA) is 139 Å². The SMILES string of the molecule is CN(C)CCN(Cc1cccc(Cl)c1)Cc1cccs1.O=C(O)CC(O)(CC(=O)O)C(=O)O. The Bertz CT molecular complexity index is 890. The van der Waals surface area contributed by atoms with Crippen LogP contribution in [0.2, 0.25) is 5.02 Å². The fourth-order valence-electron chi connectivity index (χ4n) is 2.79. The van der Waals surface area contributed by atoms with Crippen molar-refractivity contribution in [1.82, 2.24) is 9.80 Å². The summed E-state index contributed by atoms with van der Waals surface area (Å²) in [6, 6.07) is 12.5. The van der Waals surface area contributed by atoms with E-state index in [1.807, 2.05) is 23.5 Å². The number of rotatable bonds is 12. The van der Waals surface area contributed by atoms with Crippen molar-refractivity contribution in [3.8, 4) is 0 Å². The number of hydrogen-bond donors (Lipinski definition) is 4. The smallest absolute Gasteiger partial charge is 0.336 e. The first-order valence-electron chi connectivity index (χ1n) is 9.94. The lowest BCUT2D eigenvalue weighted by molar-refractivity contribution is -0.170. The lowest BCUT2D eigenvalue weighted by Crippen LogP contribution is -2.42. The number of nitrogens with zero attached hydrogens (tertiary/aromatic N) is 2. The highest BCUT2D eigenvalue weighted by molar-refractivity contribution is 7.09. The molecule has 11 heteroatoms. The van der Waals surface area contributed by atoms with Gasteiger partial charge in [-0.2, -0.15) is 0 Å². The highest BCUT2D eigenvalue weighted by atomic mass is 35.5. The lowest BCUT2D eigenvalue weighted by atomic mass is 9.96. The number of hydrogen-bond acceptors (Lipinski definition) is 7. The summed E-state index contributed by atoms with van der Waals surface area (Å²) in [6.45, 7) is 4.05. The van der Waals surface area contributed by atoms with Crippen molar-refractivity contribution < 1.29 is 34.8 Å². The molecule has 182 valence electrons. The van der Waals surface area contributed by atoms with Crippen LogP contribution >= 0.6 is 22.9 Å². The second-order valence-corrected chi connectivity index (χ2v) is 9.17. The van der Waals surface area contributed by atoms with Gasteiger partial charge in [0, 0.05) is 36.1 Å². The van der Waals surface area contributed by atoms with Crippen LogP contribution in [0.5, 0.6) is 0 Å². The van der Waals surface area contributed by atoms with Gasteiger partial charge in [0.15, 0.2) is 5.60 Å². The minimum atomic E-state index is -2.74. The minimum Gasteiger partial charge on any atom is -0.481 e. The molecule has 0 bridgehead atoms. The van der Waals surface area contributed by atoms with Gasteiger partial charge in [-0.25, -0.2) is 4.79 Å². The molecular weight excluding hydrogens is 472 g/mol. The molecule has 0 atom stereocenters. The van der Waals surface area contributed by atoms with Crippen molar-refractivity contribution in [2.45, 2.75) is 31.5 Å². The summed E-state index contributed by atoms with van der Waals surface area (Å²) in [4.78, 5) is 36.6. The normalized spacial score (nSPS) is 11.2. The summed E-state index contributed by atoms with van der Waals surface area (Å²) in [6.07, 6.45) is -2.29. The summed E-state index contributed by atoms with van der Waals surface area (Å²) in [5, 5.41) is 36.8. The fraction of sp³-hybridized carbons (Fsp3) is 0.409. The molecule has 0 amide bonds. The summed E-state index contributed by atoms with van der Waals surface area (Å²) < 4.78 is 0. The van der Waals surface area contributed by atoms with Gasteiger partial charge in [-0.05, 0) is 43.2 Å². The molecule has 9 nitrogen and oxygen atoms in total. The predicted octanol–water partition coefficient (Wildman–Crippen LogP) is 2.72. The van der Waals surface area contributed by atoms with E-state index in [-0.39, 0.29) is 0 Å². The van der Waals surface area contributed by atoms with Crippen LogP contribution in [0.25, 0.3) is 0 Å². The Balaban J connectivity index is 0.000000366. The van der Waals surface area contributed by atoms with E-state index in [1.54, 1.807) is 0 Å². The second-order valence-electron chi connectivity index (χ2n) is 7.70. The van der Waals surface area contributed by atoms with Crippen LogP contribution < -0.4 is 0 Å². The fourth-order valence-corrected chi connectivity index (χ4v) is 3.75. The number of carbonyl (C=O) groups is 3. The molecule has 1 aromatic heterocycles. The van der Waals surface area contributed by atoms with Crippen LogP contribution in [-0.4, -0.2) is 80.9 Å². The molecule has 0 fully saturated rings. The highest BCUT2D eigenvalue weighted by Crippen LogP contribution is 2.17. The Morgan fingerprint density at radius 2 is 1.61 bits per heavy atom. The van der Waals surface area contributed by atoms with Crippen molar-refractivity contribution in [2.24, 2.45) is 0 Å². The Kier molecular flexibility index (Phi) is 12.0. The van der Waals surface area contributed by atoms with E-state index in [0.29, 0.717) is 0 Å². The molecule has 1 aromatic carbocycles. The van der Waals surface area contributed by atoms with Gasteiger partial charge in [-0.15, -0.1) is 11.3 Å². The third-order valence-corrected chi connectivity index (χ3v) is 5.50. The first-order valence-corrected chi connectivity index (χ1v) is 11.2. The van der Waals surface area contributed by atoms with Crippen molar-refractivity contribution in [3.63, 3.8) is 0 Å². The second kappa shape index (κ2) is 13.9. The maximum absolute atomic E-state index is 10.3. The van der Waals surface area contributed by atoms with E-state index in [9.17, 15) is 14.4 Å². The maximum atomic E-state index is 10.3. The Labute approximate surface area is 201 Å². The molecule has 0 aliphatic carbocycles. The highest BCUT2D eigenvalue weighted by Gasteiger charge is 2.40. The van der Waals surface area contributed by atoms with Crippen LogP contribution in [0.3, 0.4) is 0 Å². The van der Waals surface area contributed by atoms with Gasteiger partial charge in [-0.1, -0.05) is 29.8 Å². The number of halogens is 1. The van der Waals surface area contributed by atoms with Crippen molar-refractivity contribution in [1.29, 1.82) is 0 Å². The molecular formula is C22H29ClN2O7S. The average molecular weight is 501 g/mol. The number of benzene rings is 1. The van der Waals surface area contributed by atoms with E-state index in [0.717, 1.165) is 31.2 Å². The number of likely N-dealkylation sites (N-methyl/N-ethyl adjacent to an activating group) is 1. The molecule has 4 N–H and O–H groups in total. The van der Waals surface area contributed by atoms with Crippen LogP contribution in [0.1, 0.15) is 23.3 Å². The van der Waals surface area contributed by atoms with Gasteiger partial charge in [0.1, 0.15) is 0 Å². The third kappa shape index (κ3) is 11.8. The number of carboxylic acids is 3. The average Bonchev–Trinajstić information content (AvgIpc) is 3.18. The molecule has 0 radical (unpaired) electrons. The van der Waals surface area contributed by atoms with Crippen molar-refractivity contribution in [2.75, 3.05) is 27.2 Å². The van der Waals surface area contributed by atoms with Gasteiger partial charge in [-0.3, -0.25) is 14.5 Å². The molecule has 0 saturated carbocycles. The Morgan fingerprint density at radius 1 is 0.970 bits per heavy atom. The van der Waals surface area contributed by atoms with Gasteiger partial charge in [0.2, 0.25) is 0 Å². The molecule has 2 rings (SSSR count). The quantitative estimate of drug-likeness (QED) is 0.346. The molecule has 0 saturated heterocycles. The van der Waals surface area contributed by atoms with Crippen molar-refractivity contribution >= 4 is 40.8 Å². The summed E-state index contributed by atoms with van der Waals surface area (Å²) >= 11 is 7.89. The van der Waals surface area contributed by atoms with Gasteiger partial charge in [0.25, 0.3) is 0 Å². The van der Waals surface area contributed by atoms with Gasteiger partial charge < -0.3 is 25.3 Å². The first-order chi connectivity index (χ1) is 15.4. The van der Waals surface area contributed by atoms with E-state index in [2.05, 4.69) is 53.5 Å². The molecule has 33 heavy (non-hydrogen) atoms. The predicted molar refractivity (Wildman–Crippen MR) is 126 cm³/mol. The Morgan fingerprint density at radius 3 is 2.06 bits per heavy atom. The monoisotopic (exact) mass is 500 g/mol. The summed E-state index contributed by atoms with van der Waals surface area (Å²) in [5.41, 5.74) is -1.47. The Hall–Kier alpha value is -2.50. The molecule has 2 aromatic rings. The van der Waals surface area contributed by atoms with E-state index < -0.39 is 36.4 Å². The number of carboxylic acid groups (broad SMARTS) is 3. The van der Waals surface area contributed by atoms with Gasteiger partial charge >= 0.3 is 17.9 Å². The summed E-state index contributed by atoms with van der Waals surface area (Å²) in [5.74, 6) is -5.02. The number of aliphatic carboxylic acids is 3. The standard InChI is InChI=1S/C16H21ClN2S.C6H8O7/c1-18(2)8-9-19(13-16-7-4-10-20-16)12-14-5-3-6-15(17)11-14;7-3(8)1-6(13,5(11)12)2-4(9)10/h3-7,10-11H,8-9,12-13H2,1-2H3;13H,1-2H2,(H,7,8)(H,9,10)(H,11,12). The van der Waals surface area contributed by atoms with Crippen LogP contribution in [-0.2, 0) is 27.5 Å². The molecule has 0 unspecified atom stereocenters. The van der Waals surface area contributed by atoms with E-state index in [4.69, 9.17) is 32.0 Å². The number of thiophene rings is 1. The molecule has 0 aliphatic heterocycles. The summed E-state index contributed by atoms with van der Waals surface area (Å²) in [7, 11) is 4.23. The van der Waals surface area contributed by atoms with E-state index >= 15 is 0 Å². The van der Waals surface area contributed by atoms with Crippen molar-refractivity contribution in [3.05, 3.63) is 57.2 Å². The third-order valence-electron chi connectivity index (χ3n) is 4.40. The zero-order valence-electron chi connectivity index (χ0n) is 18.5. The molecule has 0 aliphatic rings. The van der Waals surface area contributed by atoms with Crippen LogP contribution in [0, 0.1) is 0 Å². The maximum Gasteiger partial charge on any atom is 0.336 e. The zero-order chi connectivity index (χ0) is 25.0. The first kappa shape index (κ1) is 28.5. The largest absolute Gasteiger partial charge is 0.481 e. The molecule has 0 spiro atoms. The minimum absolute atomic E-state index is 0.811.